The average molecular weight is 243 g/mol. The van der Waals surface area contributed by atoms with Gasteiger partial charge in [0.15, 0.2) is 5.79 Å². The van der Waals surface area contributed by atoms with Crippen LogP contribution in [0.4, 0.5) is 0 Å². The normalized spacial score (nSPS) is 37.3. The van der Waals surface area contributed by atoms with Gasteiger partial charge in [0.2, 0.25) is 0 Å². The molecule has 0 aromatic rings. The first-order chi connectivity index (χ1) is 8.11. The fraction of sp³-hybridized carbons (Fsp3) is 0.917. The van der Waals surface area contributed by atoms with E-state index in [4.69, 9.17) is 9.47 Å². The summed E-state index contributed by atoms with van der Waals surface area (Å²) < 4.78 is 16.1. The van der Waals surface area contributed by atoms with Crippen molar-refractivity contribution < 1.29 is 19.0 Å². The van der Waals surface area contributed by atoms with Crippen molar-refractivity contribution in [2.24, 2.45) is 0 Å². The van der Waals surface area contributed by atoms with Crippen molar-refractivity contribution in [1.29, 1.82) is 0 Å². The first kappa shape index (κ1) is 12.8. The van der Waals surface area contributed by atoms with Gasteiger partial charge in [-0.1, -0.05) is 0 Å². The van der Waals surface area contributed by atoms with Gasteiger partial charge in [0.25, 0.3) is 0 Å². The molecule has 2 saturated heterocycles. The Morgan fingerprint density at radius 3 is 3.06 bits per heavy atom. The SMILES string of the molecule is COC(=O)CC1COC(C)(CC2CCCN2)O1. The highest BCUT2D eigenvalue weighted by molar-refractivity contribution is 5.69. The molecule has 0 aromatic heterocycles. The Balaban J connectivity index is 1.80. The Labute approximate surface area is 102 Å². The van der Waals surface area contributed by atoms with Gasteiger partial charge in [-0.25, -0.2) is 0 Å². The van der Waals surface area contributed by atoms with Gasteiger partial charge in [0.1, 0.15) is 0 Å². The zero-order valence-corrected chi connectivity index (χ0v) is 10.5. The van der Waals surface area contributed by atoms with Gasteiger partial charge in [-0.15, -0.1) is 0 Å². The largest absolute Gasteiger partial charge is 0.469 e. The summed E-state index contributed by atoms with van der Waals surface area (Å²) in [6.45, 7) is 3.49. The monoisotopic (exact) mass is 243 g/mol. The topological polar surface area (TPSA) is 56.8 Å². The number of methoxy groups -OCH3 is 1. The Bertz CT molecular complexity index is 278. The van der Waals surface area contributed by atoms with E-state index in [1.807, 2.05) is 6.92 Å². The Morgan fingerprint density at radius 1 is 1.59 bits per heavy atom. The lowest BCUT2D eigenvalue weighted by Gasteiger charge is -2.26. The minimum atomic E-state index is -0.555. The van der Waals surface area contributed by atoms with Crippen LogP contribution in [0.15, 0.2) is 0 Å². The molecule has 0 spiro atoms. The maximum Gasteiger partial charge on any atom is 0.308 e. The van der Waals surface area contributed by atoms with Crippen molar-refractivity contribution in [3.05, 3.63) is 0 Å². The molecule has 3 atom stereocenters. The Kier molecular flexibility index (Phi) is 4.01. The predicted octanol–water partition coefficient (Wildman–Crippen LogP) is 0.823. The van der Waals surface area contributed by atoms with Gasteiger partial charge in [0, 0.05) is 12.5 Å². The molecule has 2 heterocycles. The summed E-state index contributed by atoms with van der Waals surface area (Å²) in [5.41, 5.74) is 0. The molecule has 17 heavy (non-hydrogen) atoms. The number of carbonyl (C=O) groups is 1. The zero-order chi connectivity index (χ0) is 12.3. The Morgan fingerprint density at radius 2 is 2.41 bits per heavy atom. The summed E-state index contributed by atoms with van der Waals surface area (Å²) in [6.07, 6.45) is 3.32. The molecule has 0 radical (unpaired) electrons. The number of hydrogen-bond donors (Lipinski definition) is 1. The number of carbonyl (C=O) groups excluding carboxylic acids is 1. The lowest BCUT2D eigenvalue weighted by Crippen LogP contribution is -2.36. The minimum Gasteiger partial charge on any atom is -0.469 e. The van der Waals surface area contributed by atoms with Crippen molar-refractivity contribution in [3.63, 3.8) is 0 Å². The second kappa shape index (κ2) is 5.33. The molecule has 3 unspecified atom stereocenters. The fourth-order valence-electron chi connectivity index (χ4n) is 2.55. The smallest absolute Gasteiger partial charge is 0.308 e. The average Bonchev–Trinajstić information content (AvgIpc) is 2.89. The standard InChI is InChI=1S/C12H21NO4/c1-12(7-9-4-3-5-13-9)16-8-10(17-12)6-11(14)15-2/h9-10,13H,3-8H2,1-2H3. The van der Waals surface area contributed by atoms with Gasteiger partial charge >= 0.3 is 5.97 Å². The van der Waals surface area contributed by atoms with Crippen LogP contribution in [0.25, 0.3) is 0 Å². The predicted molar refractivity (Wildman–Crippen MR) is 61.5 cm³/mol. The highest BCUT2D eigenvalue weighted by Gasteiger charge is 2.40. The van der Waals surface area contributed by atoms with Gasteiger partial charge in [0.05, 0.1) is 26.2 Å². The Hall–Kier alpha value is -0.650. The van der Waals surface area contributed by atoms with E-state index < -0.39 is 5.79 Å². The van der Waals surface area contributed by atoms with Crippen molar-refractivity contribution in [3.8, 4) is 0 Å². The number of nitrogens with one attached hydrogen (secondary N) is 1. The molecule has 1 N–H and O–H groups in total. The highest BCUT2D eigenvalue weighted by atomic mass is 16.7. The van der Waals surface area contributed by atoms with Crippen LogP contribution in [0.5, 0.6) is 0 Å². The third kappa shape index (κ3) is 3.40. The first-order valence-electron chi connectivity index (χ1n) is 6.23. The van der Waals surface area contributed by atoms with Crippen LogP contribution in [-0.2, 0) is 19.0 Å². The number of ether oxygens (including phenoxy) is 3. The second-order valence-corrected chi connectivity index (χ2v) is 4.96. The highest BCUT2D eigenvalue weighted by Crippen LogP contribution is 2.31. The lowest BCUT2D eigenvalue weighted by molar-refractivity contribution is -0.166. The summed E-state index contributed by atoms with van der Waals surface area (Å²) in [7, 11) is 1.39. The second-order valence-electron chi connectivity index (χ2n) is 4.96. The van der Waals surface area contributed by atoms with E-state index in [0.29, 0.717) is 12.6 Å². The minimum absolute atomic E-state index is 0.172. The van der Waals surface area contributed by atoms with E-state index in [9.17, 15) is 4.79 Å². The number of esters is 1. The fourth-order valence-corrected chi connectivity index (χ4v) is 2.55. The molecule has 5 heteroatoms. The molecule has 98 valence electrons. The summed E-state index contributed by atoms with van der Waals surface area (Å²) in [5, 5.41) is 3.42. The first-order valence-corrected chi connectivity index (χ1v) is 6.23. The van der Waals surface area contributed by atoms with E-state index in [0.717, 1.165) is 13.0 Å². The van der Waals surface area contributed by atoms with E-state index in [-0.39, 0.29) is 18.5 Å². The van der Waals surface area contributed by atoms with Crippen LogP contribution in [0.2, 0.25) is 0 Å². The molecule has 0 saturated carbocycles. The summed E-state index contributed by atoms with van der Waals surface area (Å²) in [6, 6.07) is 0.469. The number of rotatable bonds is 4. The van der Waals surface area contributed by atoms with Crippen molar-refractivity contribution in [1.82, 2.24) is 5.32 Å². The number of hydrogen-bond acceptors (Lipinski definition) is 5. The van der Waals surface area contributed by atoms with Crippen molar-refractivity contribution >= 4 is 5.97 Å². The molecule has 2 rings (SSSR count). The molecular formula is C12H21NO4. The van der Waals surface area contributed by atoms with Gasteiger partial charge in [-0.3, -0.25) is 4.79 Å². The molecule has 2 aliphatic rings. The zero-order valence-electron chi connectivity index (χ0n) is 10.5. The summed E-state index contributed by atoms with van der Waals surface area (Å²) in [5.74, 6) is -0.803. The molecule has 2 fully saturated rings. The van der Waals surface area contributed by atoms with E-state index in [1.54, 1.807) is 0 Å². The maximum absolute atomic E-state index is 11.2. The van der Waals surface area contributed by atoms with Crippen LogP contribution < -0.4 is 5.32 Å². The molecule has 0 bridgehead atoms. The van der Waals surface area contributed by atoms with E-state index in [2.05, 4.69) is 10.1 Å². The van der Waals surface area contributed by atoms with Crippen LogP contribution in [0, 0.1) is 0 Å². The van der Waals surface area contributed by atoms with Crippen molar-refractivity contribution in [2.75, 3.05) is 20.3 Å². The third-order valence-corrected chi connectivity index (χ3v) is 3.39. The van der Waals surface area contributed by atoms with E-state index >= 15 is 0 Å². The molecule has 0 amide bonds. The molecule has 5 nitrogen and oxygen atoms in total. The summed E-state index contributed by atoms with van der Waals surface area (Å²) in [4.78, 5) is 11.2. The molecule has 2 aliphatic heterocycles. The van der Waals surface area contributed by atoms with Gasteiger partial charge < -0.3 is 19.5 Å². The molecule has 0 aromatic carbocycles. The third-order valence-electron chi connectivity index (χ3n) is 3.39. The van der Waals surface area contributed by atoms with Gasteiger partial charge in [-0.2, -0.15) is 0 Å². The van der Waals surface area contributed by atoms with Gasteiger partial charge in [-0.05, 0) is 26.3 Å². The van der Waals surface area contributed by atoms with E-state index in [1.165, 1.54) is 20.0 Å². The van der Waals surface area contributed by atoms with Crippen LogP contribution >= 0.6 is 0 Å². The quantitative estimate of drug-likeness (QED) is 0.741. The maximum atomic E-state index is 11.2. The van der Waals surface area contributed by atoms with Crippen molar-refractivity contribution in [2.45, 2.75) is 50.5 Å². The lowest BCUT2D eigenvalue weighted by atomic mass is 10.1. The van der Waals surface area contributed by atoms with Crippen LogP contribution in [-0.4, -0.2) is 44.2 Å². The molecule has 0 aliphatic carbocycles. The van der Waals surface area contributed by atoms with Crippen LogP contribution in [0.1, 0.15) is 32.6 Å². The summed E-state index contributed by atoms with van der Waals surface area (Å²) >= 11 is 0. The van der Waals surface area contributed by atoms with Crippen LogP contribution in [0.3, 0.4) is 0 Å². The molecular weight excluding hydrogens is 222 g/mol.